The molecule has 58 valence electrons. The van der Waals surface area contributed by atoms with Crippen LogP contribution in [0.15, 0.2) is 18.2 Å². The number of benzene rings is 1. The van der Waals surface area contributed by atoms with Gasteiger partial charge in [-0.05, 0) is 18.2 Å². The molecule has 0 heterocycles. The molecule has 0 bridgehead atoms. The second kappa shape index (κ2) is 4.82. The minimum atomic E-state index is -1.41. The maximum Gasteiger partial charge on any atom is 1.00 e. The minimum absolute atomic E-state index is 0. The van der Waals surface area contributed by atoms with E-state index in [1.165, 1.54) is 0 Å². The fraction of sp³-hybridized carbons (Fsp3) is 0. The Kier molecular flexibility index (Phi) is 4.78. The zero-order chi connectivity index (χ0) is 8.43. The van der Waals surface area contributed by atoms with Crippen molar-refractivity contribution < 1.29 is 43.8 Å². The van der Waals surface area contributed by atoms with Crippen LogP contribution in [-0.2, 0) is 0 Å². The molecule has 1 aromatic rings. The van der Waals surface area contributed by atoms with Gasteiger partial charge >= 0.3 is 29.6 Å². The van der Waals surface area contributed by atoms with Crippen molar-refractivity contribution in [3.63, 3.8) is 0 Å². The van der Waals surface area contributed by atoms with Crippen molar-refractivity contribution in [3.8, 4) is 0 Å². The Balaban J connectivity index is 0.00000121. The van der Waals surface area contributed by atoms with Crippen molar-refractivity contribution in [1.82, 2.24) is 0 Å². The number of rotatable bonds is 1. The summed E-state index contributed by atoms with van der Waals surface area (Å²) < 4.78 is 12.3. The molecular formula is C7H3ClFNaO2. The number of carboxylic acids is 1. The second-order valence-corrected chi connectivity index (χ2v) is 2.32. The average Bonchev–Trinajstić information content (AvgIpc) is 1.85. The molecule has 0 aliphatic rings. The zero-order valence-electron chi connectivity index (χ0n) is 6.30. The topological polar surface area (TPSA) is 40.1 Å². The summed E-state index contributed by atoms with van der Waals surface area (Å²) in [7, 11) is 0. The van der Waals surface area contributed by atoms with E-state index in [9.17, 15) is 14.3 Å². The van der Waals surface area contributed by atoms with Crippen LogP contribution in [0.4, 0.5) is 4.39 Å². The Hall–Kier alpha value is -0.0900. The molecule has 12 heavy (non-hydrogen) atoms. The first-order valence-corrected chi connectivity index (χ1v) is 3.15. The molecule has 0 atom stereocenters. The van der Waals surface area contributed by atoms with Crippen LogP contribution in [0.3, 0.4) is 0 Å². The molecule has 1 rings (SSSR count). The number of halogens is 2. The van der Waals surface area contributed by atoms with Gasteiger partial charge < -0.3 is 9.90 Å². The SMILES string of the molecule is O=C([O-])c1ccc(F)cc1Cl.[Na+]. The standard InChI is InChI=1S/C7H4ClFO2.Na/c8-6-3-4(9)1-2-5(6)7(10)11;/h1-3H,(H,10,11);/q;+1/p-1. The first-order chi connectivity index (χ1) is 5.11. The van der Waals surface area contributed by atoms with Gasteiger partial charge in [0.1, 0.15) is 5.82 Å². The van der Waals surface area contributed by atoms with Crippen LogP contribution in [0.25, 0.3) is 0 Å². The van der Waals surface area contributed by atoms with E-state index in [1.54, 1.807) is 0 Å². The monoisotopic (exact) mass is 196 g/mol. The first kappa shape index (κ1) is 11.9. The summed E-state index contributed by atoms with van der Waals surface area (Å²) in [6, 6.07) is 3.00. The normalized spacial score (nSPS) is 8.83. The number of hydrogen-bond donors (Lipinski definition) is 0. The largest absolute Gasteiger partial charge is 1.00 e. The van der Waals surface area contributed by atoms with Crippen molar-refractivity contribution in [1.29, 1.82) is 0 Å². The molecular weight excluding hydrogens is 194 g/mol. The molecule has 2 nitrogen and oxygen atoms in total. The summed E-state index contributed by atoms with van der Waals surface area (Å²) in [6.07, 6.45) is 0. The van der Waals surface area contributed by atoms with E-state index in [-0.39, 0.29) is 40.1 Å². The molecule has 0 N–H and O–H groups in total. The van der Waals surface area contributed by atoms with Gasteiger partial charge in [0.15, 0.2) is 0 Å². The van der Waals surface area contributed by atoms with E-state index >= 15 is 0 Å². The Labute approximate surface area is 95.6 Å². The van der Waals surface area contributed by atoms with Crippen molar-refractivity contribution in [2.75, 3.05) is 0 Å². The summed E-state index contributed by atoms with van der Waals surface area (Å²) in [6.45, 7) is 0. The van der Waals surface area contributed by atoms with E-state index in [0.29, 0.717) is 0 Å². The molecule has 0 spiro atoms. The zero-order valence-corrected chi connectivity index (χ0v) is 9.06. The van der Waals surface area contributed by atoms with E-state index in [0.717, 1.165) is 18.2 Å². The third-order valence-corrected chi connectivity index (χ3v) is 1.46. The van der Waals surface area contributed by atoms with Gasteiger partial charge in [0.25, 0.3) is 0 Å². The maximum atomic E-state index is 12.3. The molecule has 0 saturated heterocycles. The van der Waals surface area contributed by atoms with E-state index in [1.807, 2.05) is 0 Å². The second-order valence-electron chi connectivity index (χ2n) is 1.91. The summed E-state index contributed by atoms with van der Waals surface area (Å²) in [5, 5.41) is 10.1. The van der Waals surface area contributed by atoms with Crippen LogP contribution in [0.5, 0.6) is 0 Å². The van der Waals surface area contributed by atoms with E-state index in [2.05, 4.69) is 0 Å². The smallest absolute Gasteiger partial charge is 0.545 e. The summed E-state index contributed by atoms with van der Waals surface area (Å²) >= 11 is 5.36. The minimum Gasteiger partial charge on any atom is -0.545 e. The van der Waals surface area contributed by atoms with Crippen LogP contribution in [-0.4, -0.2) is 5.97 Å². The number of carbonyl (C=O) groups excluding carboxylic acids is 1. The van der Waals surface area contributed by atoms with Gasteiger partial charge in [0, 0.05) is 5.56 Å². The molecule has 0 aromatic heterocycles. The summed E-state index contributed by atoms with van der Waals surface area (Å²) in [5.74, 6) is -1.98. The van der Waals surface area contributed by atoms with E-state index < -0.39 is 11.8 Å². The molecule has 0 saturated carbocycles. The Morgan fingerprint density at radius 2 is 2.08 bits per heavy atom. The molecule has 1 aromatic carbocycles. The van der Waals surface area contributed by atoms with Gasteiger partial charge in [-0.2, -0.15) is 0 Å². The Bertz CT molecular complexity index is 303. The number of carboxylic acid groups (broad SMARTS) is 1. The summed E-state index contributed by atoms with van der Waals surface area (Å²) in [5.41, 5.74) is -0.201. The van der Waals surface area contributed by atoms with E-state index in [4.69, 9.17) is 11.6 Å². The fourth-order valence-electron chi connectivity index (χ4n) is 0.655. The van der Waals surface area contributed by atoms with Crippen LogP contribution < -0.4 is 34.7 Å². The molecule has 0 unspecified atom stereocenters. The Morgan fingerprint density at radius 3 is 2.50 bits per heavy atom. The molecule has 0 fully saturated rings. The number of aromatic carboxylic acids is 1. The number of carbonyl (C=O) groups is 1. The molecule has 5 heteroatoms. The number of hydrogen-bond acceptors (Lipinski definition) is 2. The van der Waals surface area contributed by atoms with Crippen LogP contribution in [0.1, 0.15) is 10.4 Å². The third kappa shape index (κ3) is 2.75. The van der Waals surface area contributed by atoms with Crippen molar-refractivity contribution >= 4 is 17.6 Å². The molecule has 0 aliphatic carbocycles. The van der Waals surface area contributed by atoms with Gasteiger partial charge in [-0.3, -0.25) is 0 Å². The predicted octanol–water partition coefficient (Wildman–Crippen LogP) is -2.15. The predicted molar refractivity (Wildman–Crippen MR) is 35.7 cm³/mol. The maximum absolute atomic E-state index is 12.3. The fourth-order valence-corrected chi connectivity index (χ4v) is 0.899. The van der Waals surface area contributed by atoms with Gasteiger partial charge in [-0.1, -0.05) is 11.6 Å². The van der Waals surface area contributed by atoms with Gasteiger partial charge in [0.05, 0.1) is 11.0 Å². The van der Waals surface area contributed by atoms with Crippen LogP contribution in [0.2, 0.25) is 5.02 Å². The van der Waals surface area contributed by atoms with Crippen LogP contribution >= 0.6 is 11.6 Å². The summed E-state index contributed by atoms with van der Waals surface area (Å²) in [4.78, 5) is 10.2. The van der Waals surface area contributed by atoms with Gasteiger partial charge in [-0.15, -0.1) is 0 Å². The van der Waals surface area contributed by atoms with Gasteiger partial charge in [0.2, 0.25) is 0 Å². The third-order valence-electron chi connectivity index (χ3n) is 1.15. The average molecular weight is 197 g/mol. The Morgan fingerprint density at radius 1 is 1.50 bits per heavy atom. The van der Waals surface area contributed by atoms with Crippen molar-refractivity contribution in [2.45, 2.75) is 0 Å². The molecule has 0 amide bonds. The van der Waals surface area contributed by atoms with Crippen molar-refractivity contribution in [3.05, 3.63) is 34.6 Å². The van der Waals surface area contributed by atoms with Crippen LogP contribution in [0, 0.1) is 5.82 Å². The first-order valence-electron chi connectivity index (χ1n) is 2.77. The molecule has 0 aliphatic heterocycles. The van der Waals surface area contributed by atoms with Gasteiger partial charge in [-0.25, -0.2) is 4.39 Å². The van der Waals surface area contributed by atoms with Crippen molar-refractivity contribution in [2.24, 2.45) is 0 Å². The quantitative estimate of drug-likeness (QED) is 0.481. The molecule has 0 radical (unpaired) electrons.